The standard InChI is InChI=1S/C12H12N2S/c1-2-14-11(7-13)10-8-15-12-6-4-3-5-9(10)12/h3-6,8,11,14H,2H2,1H3. The second-order valence-corrected chi connectivity index (χ2v) is 4.22. The van der Waals surface area contributed by atoms with Gasteiger partial charge in [0, 0.05) is 10.3 Å². The number of nitrogens with one attached hydrogen (secondary N) is 1. The minimum atomic E-state index is -0.189. The maximum absolute atomic E-state index is 9.08. The molecule has 0 bridgehead atoms. The van der Waals surface area contributed by atoms with Gasteiger partial charge in [-0.25, -0.2) is 0 Å². The Morgan fingerprint density at radius 1 is 1.47 bits per heavy atom. The number of benzene rings is 1. The molecule has 0 radical (unpaired) electrons. The van der Waals surface area contributed by atoms with Crippen LogP contribution in [0.1, 0.15) is 18.5 Å². The van der Waals surface area contributed by atoms with E-state index in [4.69, 9.17) is 5.26 Å². The van der Waals surface area contributed by atoms with E-state index in [2.05, 4.69) is 28.9 Å². The monoisotopic (exact) mass is 216 g/mol. The molecule has 76 valence electrons. The molecular weight excluding hydrogens is 204 g/mol. The van der Waals surface area contributed by atoms with Crippen molar-refractivity contribution in [2.45, 2.75) is 13.0 Å². The minimum Gasteiger partial charge on any atom is -0.298 e. The van der Waals surface area contributed by atoms with Crippen LogP contribution in [0.3, 0.4) is 0 Å². The number of nitriles is 1. The van der Waals surface area contributed by atoms with Gasteiger partial charge in [-0.15, -0.1) is 11.3 Å². The summed E-state index contributed by atoms with van der Waals surface area (Å²) in [4.78, 5) is 0. The molecule has 0 aliphatic rings. The molecule has 3 heteroatoms. The molecule has 0 amide bonds. The van der Waals surface area contributed by atoms with Crippen LogP contribution in [0.25, 0.3) is 10.1 Å². The number of hydrogen-bond donors (Lipinski definition) is 1. The fraction of sp³-hybridized carbons (Fsp3) is 0.250. The number of hydrogen-bond acceptors (Lipinski definition) is 3. The molecule has 2 aromatic rings. The molecule has 0 aliphatic carbocycles. The first kappa shape index (κ1) is 10.2. The molecule has 1 unspecified atom stereocenters. The lowest BCUT2D eigenvalue weighted by Crippen LogP contribution is -2.18. The number of nitrogens with zero attached hydrogens (tertiary/aromatic N) is 1. The SMILES string of the molecule is CCNC(C#N)c1csc2ccccc12. The highest BCUT2D eigenvalue weighted by Crippen LogP contribution is 2.29. The fourth-order valence-electron chi connectivity index (χ4n) is 1.65. The summed E-state index contributed by atoms with van der Waals surface area (Å²) in [6, 6.07) is 10.3. The van der Waals surface area contributed by atoms with Crippen LogP contribution in [0, 0.1) is 11.3 Å². The van der Waals surface area contributed by atoms with E-state index in [0.29, 0.717) is 0 Å². The maximum atomic E-state index is 9.08. The Balaban J connectivity index is 2.47. The average Bonchev–Trinajstić information content (AvgIpc) is 2.70. The Morgan fingerprint density at radius 3 is 3.00 bits per heavy atom. The second-order valence-electron chi connectivity index (χ2n) is 3.31. The van der Waals surface area contributed by atoms with Crippen molar-refractivity contribution < 1.29 is 0 Å². The summed E-state index contributed by atoms with van der Waals surface area (Å²) in [5, 5.41) is 15.5. The summed E-state index contributed by atoms with van der Waals surface area (Å²) in [5.74, 6) is 0. The van der Waals surface area contributed by atoms with Gasteiger partial charge in [0.05, 0.1) is 6.07 Å². The highest BCUT2D eigenvalue weighted by Gasteiger charge is 2.13. The molecule has 0 saturated carbocycles. The molecular formula is C12H12N2S. The van der Waals surface area contributed by atoms with Crippen molar-refractivity contribution in [3.8, 4) is 6.07 Å². The van der Waals surface area contributed by atoms with Crippen molar-refractivity contribution in [2.75, 3.05) is 6.54 Å². The zero-order valence-corrected chi connectivity index (χ0v) is 9.34. The Hall–Kier alpha value is -1.37. The molecule has 1 atom stereocenters. The predicted molar refractivity (Wildman–Crippen MR) is 63.9 cm³/mol. The van der Waals surface area contributed by atoms with Gasteiger partial charge in [0.15, 0.2) is 0 Å². The number of thiophene rings is 1. The lowest BCUT2D eigenvalue weighted by molar-refractivity contribution is 0.663. The van der Waals surface area contributed by atoms with Gasteiger partial charge < -0.3 is 0 Å². The van der Waals surface area contributed by atoms with Gasteiger partial charge in [-0.2, -0.15) is 5.26 Å². The number of fused-ring (bicyclic) bond motifs is 1. The van der Waals surface area contributed by atoms with Crippen LogP contribution in [0.5, 0.6) is 0 Å². The lowest BCUT2D eigenvalue weighted by atomic mass is 10.1. The van der Waals surface area contributed by atoms with Gasteiger partial charge in [0.25, 0.3) is 0 Å². The van der Waals surface area contributed by atoms with Crippen molar-refractivity contribution in [1.82, 2.24) is 5.32 Å². The lowest BCUT2D eigenvalue weighted by Gasteiger charge is -2.08. The van der Waals surface area contributed by atoms with E-state index in [9.17, 15) is 0 Å². The smallest absolute Gasteiger partial charge is 0.122 e. The van der Waals surface area contributed by atoms with Gasteiger partial charge in [0.1, 0.15) is 6.04 Å². The minimum absolute atomic E-state index is 0.189. The highest BCUT2D eigenvalue weighted by atomic mass is 32.1. The zero-order valence-electron chi connectivity index (χ0n) is 8.53. The quantitative estimate of drug-likeness (QED) is 0.855. The summed E-state index contributed by atoms with van der Waals surface area (Å²) in [5.41, 5.74) is 1.10. The third kappa shape index (κ3) is 1.87. The van der Waals surface area contributed by atoms with E-state index in [-0.39, 0.29) is 6.04 Å². The van der Waals surface area contributed by atoms with Gasteiger partial charge >= 0.3 is 0 Å². The van der Waals surface area contributed by atoms with E-state index in [1.54, 1.807) is 11.3 Å². The van der Waals surface area contributed by atoms with Gasteiger partial charge in [0.2, 0.25) is 0 Å². The van der Waals surface area contributed by atoms with Crippen LogP contribution in [-0.4, -0.2) is 6.54 Å². The topological polar surface area (TPSA) is 35.8 Å². The molecule has 0 spiro atoms. The van der Waals surface area contributed by atoms with Gasteiger partial charge in [-0.3, -0.25) is 5.32 Å². The Kier molecular flexibility index (Phi) is 3.00. The van der Waals surface area contributed by atoms with Crippen molar-refractivity contribution in [3.05, 3.63) is 35.2 Å². The summed E-state index contributed by atoms with van der Waals surface area (Å²) in [6.07, 6.45) is 0. The van der Waals surface area contributed by atoms with E-state index >= 15 is 0 Å². The second kappa shape index (κ2) is 4.43. The number of rotatable bonds is 3. The summed E-state index contributed by atoms with van der Waals surface area (Å²) >= 11 is 1.69. The molecule has 2 nitrogen and oxygen atoms in total. The summed E-state index contributed by atoms with van der Waals surface area (Å²) in [7, 11) is 0. The molecule has 1 aromatic heterocycles. The van der Waals surface area contributed by atoms with Crippen LogP contribution >= 0.6 is 11.3 Å². The summed E-state index contributed by atoms with van der Waals surface area (Å²) in [6.45, 7) is 2.82. The van der Waals surface area contributed by atoms with Crippen molar-refractivity contribution in [2.24, 2.45) is 0 Å². The molecule has 0 fully saturated rings. The summed E-state index contributed by atoms with van der Waals surface area (Å²) < 4.78 is 1.24. The molecule has 1 aromatic carbocycles. The molecule has 0 aliphatic heterocycles. The van der Waals surface area contributed by atoms with E-state index < -0.39 is 0 Å². The predicted octanol–water partition coefficient (Wildman–Crippen LogP) is 3.08. The maximum Gasteiger partial charge on any atom is 0.122 e. The van der Waals surface area contributed by atoms with Gasteiger partial charge in [-0.05, 0) is 23.4 Å². The molecule has 0 saturated heterocycles. The largest absolute Gasteiger partial charge is 0.298 e. The Labute approximate surface area is 93.2 Å². The fourth-order valence-corrected chi connectivity index (χ4v) is 2.64. The molecule has 15 heavy (non-hydrogen) atoms. The molecule has 2 rings (SSSR count). The Morgan fingerprint density at radius 2 is 2.27 bits per heavy atom. The van der Waals surface area contributed by atoms with Crippen LogP contribution in [-0.2, 0) is 0 Å². The first-order chi connectivity index (χ1) is 7.36. The van der Waals surface area contributed by atoms with Crippen LogP contribution < -0.4 is 5.32 Å². The van der Waals surface area contributed by atoms with Gasteiger partial charge in [-0.1, -0.05) is 25.1 Å². The third-order valence-corrected chi connectivity index (χ3v) is 3.34. The van der Waals surface area contributed by atoms with E-state index in [1.807, 2.05) is 19.1 Å². The Bertz CT molecular complexity index is 496. The van der Waals surface area contributed by atoms with Crippen LogP contribution in [0.4, 0.5) is 0 Å². The third-order valence-electron chi connectivity index (χ3n) is 2.36. The van der Waals surface area contributed by atoms with Crippen molar-refractivity contribution in [3.63, 3.8) is 0 Å². The van der Waals surface area contributed by atoms with Crippen molar-refractivity contribution in [1.29, 1.82) is 5.26 Å². The van der Waals surface area contributed by atoms with E-state index in [0.717, 1.165) is 12.1 Å². The average molecular weight is 216 g/mol. The normalized spacial score (nSPS) is 12.5. The van der Waals surface area contributed by atoms with Crippen LogP contribution in [0.15, 0.2) is 29.6 Å². The molecule has 1 heterocycles. The van der Waals surface area contributed by atoms with Crippen LogP contribution in [0.2, 0.25) is 0 Å². The van der Waals surface area contributed by atoms with Crippen molar-refractivity contribution >= 4 is 21.4 Å². The van der Waals surface area contributed by atoms with E-state index in [1.165, 1.54) is 10.1 Å². The molecule has 1 N–H and O–H groups in total. The first-order valence-electron chi connectivity index (χ1n) is 4.96. The highest BCUT2D eigenvalue weighted by molar-refractivity contribution is 7.17. The zero-order chi connectivity index (χ0) is 10.7. The first-order valence-corrected chi connectivity index (χ1v) is 5.84.